The standard InChI is InChI=1S/C26H28F6N2OS/c1-2-3-4-5-6-7-8-14-35-23-13-12-20(16-21(23)26(30,31)32)33-24-34-22(17-36-24)18-10-9-11-19(15-18)25(27,28)29/h9-13,15-17H,2-8,14H2,1H3,(H,33,34). The maximum atomic E-state index is 13.7. The van der Waals surface area contributed by atoms with Crippen molar-refractivity contribution in [2.75, 3.05) is 11.9 Å². The van der Waals surface area contributed by atoms with Crippen LogP contribution in [0.4, 0.5) is 37.2 Å². The zero-order valence-electron chi connectivity index (χ0n) is 19.8. The topological polar surface area (TPSA) is 34.1 Å². The van der Waals surface area contributed by atoms with Crippen molar-refractivity contribution in [3.63, 3.8) is 0 Å². The number of hydrogen-bond donors (Lipinski definition) is 1. The van der Waals surface area contributed by atoms with Crippen LogP contribution >= 0.6 is 11.3 Å². The van der Waals surface area contributed by atoms with Crippen LogP contribution in [0.3, 0.4) is 0 Å². The molecule has 3 nitrogen and oxygen atoms in total. The zero-order chi connectivity index (χ0) is 26.2. The average molecular weight is 531 g/mol. The quantitative estimate of drug-likeness (QED) is 0.187. The summed E-state index contributed by atoms with van der Waals surface area (Å²) in [5.74, 6) is -0.233. The van der Waals surface area contributed by atoms with Gasteiger partial charge in [-0.3, -0.25) is 0 Å². The second kappa shape index (κ2) is 12.5. The van der Waals surface area contributed by atoms with Gasteiger partial charge in [-0.05, 0) is 36.8 Å². The third-order valence-corrected chi connectivity index (χ3v) is 6.29. The summed E-state index contributed by atoms with van der Waals surface area (Å²) >= 11 is 1.08. The normalized spacial score (nSPS) is 12.1. The molecule has 1 heterocycles. The molecule has 0 aliphatic heterocycles. The molecule has 36 heavy (non-hydrogen) atoms. The molecule has 0 saturated carbocycles. The largest absolute Gasteiger partial charge is 0.493 e. The first-order chi connectivity index (χ1) is 17.1. The van der Waals surface area contributed by atoms with Gasteiger partial charge in [0.1, 0.15) is 5.75 Å². The molecule has 0 spiro atoms. The SMILES string of the molecule is CCCCCCCCCOc1ccc(Nc2nc(-c3cccc(C(F)(F)F)c3)cs2)cc1C(F)(F)F. The van der Waals surface area contributed by atoms with Gasteiger partial charge < -0.3 is 10.1 Å². The van der Waals surface area contributed by atoms with E-state index in [0.29, 0.717) is 12.1 Å². The van der Waals surface area contributed by atoms with Gasteiger partial charge in [-0.2, -0.15) is 26.3 Å². The van der Waals surface area contributed by atoms with Gasteiger partial charge in [0.2, 0.25) is 0 Å². The Labute approximate surface area is 210 Å². The molecule has 3 rings (SSSR count). The van der Waals surface area contributed by atoms with E-state index in [4.69, 9.17) is 4.74 Å². The summed E-state index contributed by atoms with van der Waals surface area (Å²) in [6.07, 6.45) is -1.83. The Balaban J connectivity index is 1.65. The highest BCUT2D eigenvalue weighted by molar-refractivity contribution is 7.14. The van der Waals surface area contributed by atoms with E-state index in [1.165, 1.54) is 37.1 Å². The Bertz CT molecular complexity index is 1110. The number of thiazole rings is 1. The lowest BCUT2D eigenvalue weighted by molar-refractivity contribution is -0.139. The highest BCUT2D eigenvalue weighted by Gasteiger charge is 2.35. The van der Waals surface area contributed by atoms with Crippen LogP contribution in [0.1, 0.15) is 63.0 Å². The van der Waals surface area contributed by atoms with Crippen molar-refractivity contribution >= 4 is 22.2 Å². The number of hydrogen-bond acceptors (Lipinski definition) is 4. The van der Waals surface area contributed by atoms with Crippen LogP contribution in [0.15, 0.2) is 47.8 Å². The zero-order valence-corrected chi connectivity index (χ0v) is 20.6. The smallest absolute Gasteiger partial charge is 0.420 e. The van der Waals surface area contributed by atoms with E-state index in [1.54, 1.807) is 5.38 Å². The molecular weight excluding hydrogens is 502 g/mol. The molecule has 10 heteroatoms. The van der Waals surface area contributed by atoms with Gasteiger partial charge in [-0.1, -0.05) is 57.6 Å². The van der Waals surface area contributed by atoms with E-state index in [-0.39, 0.29) is 28.7 Å². The predicted molar refractivity (Wildman–Crippen MR) is 131 cm³/mol. The van der Waals surface area contributed by atoms with Crippen molar-refractivity contribution in [3.05, 3.63) is 59.0 Å². The van der Waals surface area contributed by atoms with Gasteiger partial charge in [-0.15, -0.1) is 11.3 Å². The molecule has 0 unspecified atom stereocenters. The fourth-order valence-electron chi connectivity index (χ4n) is 3.64. The first kappa shape index (κ1) is 27.8. The number of unbranched alkanes of at least 4 members (excludes halogenated alkanes) is 6. The van der Waals surface area contributed by atoms with Crippen molar-refractivity contribution in [1.29, 1.82) is 0 Å². The predicted octanol–water partition coefficient (Wildman–Crippen LogP) is 9.72. The highest BCUT2D eigenvalue weighted by Crippen LogP contribution is 2.39. The maximum absolute atomic E-state index is 13.7. The van der Waals surface area contributed by atoms with Crippen LogP contribution in [0.5, 0.6) is 5.75 Å². The first-order valence-corrected chi connectivity index (χ1v) is 12.7. The van der Waals surface area contributed by atoms with Gasteiger partial charge in [0.25, 0.3) is 0 Å². The second-order valence-corrected chi connectivity index (χ2v) is 9.28. The summed E-state index contributed by atoms with van der Waals surface area (Å²) < 4.78 is 85.4. The number of ether oxygens (including phenoxy) is 1. The molecule has 2 aromatic carbocycles. The average Bonchev–Trinajstić information content (AvgIpc) is 3.29. The number of alkyl halides is 6. The number of aromatic nitrogens is 1. The molecule has 0 amide bonds. The van der Waals surface area contributed by atoms with Gasteiger partial charge >= 0.3 is 12.4 Å². The molecular formula is C26H28F6N2OS. The monoisotopic (exact) mass is 530 g/mol. The number of rotatable bonds is 12. The van der Waals surface area contributed by atoms with Crippen molar-refractivity contribution in [2.24, 2.45) is 0 Å². The number of nitrogens with zero attached hydrogens (tertiary/aromatic N) is 1. The van der Waals surface area contributed by atoms with Crippen LogP contribution in [0, 0.1) is 0 Å². The van der Waals surface area contributed by atoms with Gasteiger partial charge in [0.05, 0.1) is 23.4 Å². The van der Waals surface area contributed by atoms with Crippen LogP contribution in [-0.2, 0) is 12.4 Å². The van der Waals surface area contributed by atoms with Crippen molar-refractivity contribution < 1.29 is 31.1 Å². The molecule has 1 N–H and O–H groups in total. The fraction of sp³-hybridized carbons (Fsp3) is 0.423. The minimum absolute atomic E-state index is 0.149. The molecule has 0 saturated heterocycles. The van der Waals surface area contributed by atoms with Crippen LogP contribution in [-0.4, -0.2) is 11.6 Å². The Hall–Kier alpha value is -2.75. The van der Waals surface area contributed by atoms with Crippen LogP contribution in [0.25, 0.3) is 11.3 Å². The van der Waals surface area contributed by atoms with E-state index in [9.17, 15) is 26.3 Å². The molecule has 0 atom stereocenters. The number of nitrogens with one attached hydrogen (secondary N) is 1. The molecule has 0 bridgehead atoms. The van der Waals surface area contributed by atoms with Crippen molar-refractivity contribution in [1.82, 2.24) is 4.98 Å². The van der Waals surface area contributed by atoms with Crippen molar-refractivity contribution in [2.45, 2.75) is 64.2 Å². The van der Waals surface area contributed by atoms with Crippen LogP contribution in [0.2, 0.25) is 0 Å². The lowest BCUT2D eigenvalue weighted by Gasteiger charge is -2.15. The second-order valence-electron chi connectivity index (χ2n) is 8.42. The van der Waals surface area contributed by atoms with Gasteiger partial charge in [0.15, 0.2) is 5.13 Å². The maximum Gasteiger partial charge on any atom is 0.420 e. The number of benzene rings is 2. The minimum atomic E-state index is -4.61. The molecule has 3 aromatic rings. The Morgan fingerprint density at radius 1 is 0.861 bits per heavy atom. The van der Waals surface area contributed by atoms with E-state index in [2.05, 4.69) is 17.2 Å². The third kappa shape index (κ3) is 8.15. The van der Waals surface area contributed by atoms with E-state index in [0.717, 1.165) is 55.2 Å². The summed E-state index contributed by atoms with van der Waals surface area (Å²) in [5, 5.41) is 4.61. The summed E-state index contributed by atoms with van der Waals surface area (Å²) in [4.78, 5) is 4.24. The lowest BCUT2D eigenvalue weighted by atomic mass is 10.1. The summed E-state index contributed by atoms with van der Waals surface area (Å²) in [7, 11) is 0. The molecule has 0 radical (unpaired) electrons. The molecule has 196 valence electrons. The summed E-state index contributed by atoms with van der Waals surface area (Å²) in [6.45, 7) is 2.35. The lowest BCUT2D eigenvalue weighted by Crippen LogP contribution is -2.10. The number of anilines is 2. The third-order valence-electron chi connectivity index (χ3n) is 5.53. The van der Waals surface area contributed by atoms with E-state index >= 15 is 0 Å². The minimum Gasteiger partial charge on any atom is -0.493 e. The highest BCUT2D eigenvalue weighted by atomic mass is 32.1. The first-order valence-electron chi connectivity index (χ1n) is 11.8. The Morgan fingerprint density at radius 2 is 1.58 bits per heavy atom. The molecule has 0 aliphatic rings. The molecule has 0 aliphatic carbocycles. The molecule has 1 aromatic heterocycles. The van der Waals surface area contributed by atoms with Gasteiger partial charge in [-0.25, -0.2) is 4.98 Å². The van der Waals surface area contributed by atoms with E-state index < -0.39 is 23.5 Å². The van der Waals surface area contributed by atoms with E-state index in [1.807, 2.05) is 0 Å². The Morgan fingerprint density at radius 3 is 2.28 bits per heavy atom. The summed E-state index contributed by atoms with van der Waals surface area (Å²) in [6, 6.07) is 8.40. The van der Waals surface area contributed by atoms with Gasteiger partial charge in [0, 0.05) is 16.6 Å². The summed E-state index contributed by atoms with van der Waals surface area (Å²) in [5.41, 5.74) is -0.997. The molecule has 0 fully saturated rings. The van der Waals surface area contributed by atoms with Crippen molar-refractivity contribution in [3.8, 4) is 17.0 Å². The number of halogens is 6. The Kier molecular flexibility index (Phi) is 9.64. The fourth-order valence-corrected chi connectivity index (χ4v) is 4.38. The van der Waals surface area contributed by atoms with Crippen LogP contribution < -0.4 is 10.1 Å².